The second-order valence-corrected chi connectivity index (χ2v) is 5.47. The first-order valence-electron chi connectivity index (χ1n) is 5.23. The SMILES string of the molecule is Clc1ccc(Cl)c(SCCc2ccccn2)c1. The lowest BCUT2D eigenvalue weighted by Gasteiger charge is -2.04. The minimum atomic E-state index is 0.717. The van der Waals surface area contributed by atoms with Crippen LogP contribution in [0.4, 0.5) is 0 Å². The third-order valence-corrected chi connectivity index (χ3v) is 3.97. The van der Waals surface area contributed by atoms with Crippen LogP contribution in [-0.4, -0.2) is 10.7 Å². The van der Waals surface area contributed by atoms with Gasteiger partial charge in [-0.05, 0) is 36.8 Å². The zero-order valence-electron chi connectivity index (χ0n) is 9.07. The van der Waals surface area contributed by atoms with Crippen molar-refractivity contribution in [2.24, 2.45) is 0 Å². The highest BCUT2D eigenvalue weighted by atomic mass is 35.5. The number of halogens is 2. The normalized spacial score (nSPS) is 10.5. The van der Waals surface area contributed by atoms with Gasteiger partial charge in [-0.25, -0.2) is 0 Å². The summed E-state index contributed by atoms with van der Waals surface area (Å²) in [5.74, 6) is 0.942. The van der Waals surface area contributed by atoms with Crippen LogP contribution in [-0.2, 0) is 6.42 Å². The van der Waals surface area contributed by atoms with Crippen molar-refractivity contribution < 1.29 is 0 Å². The summed E-state index contributed by atoms with van der Waals surface area (Å²) in [6.45, 7) is 0. The van der Waals surface area contributed by atoms with E-state index in [2.05, 4.69) is 4.98 Å². The Morgan fingerprint density at radius 2 is 2.00 bits per heavy atom. The number of nitrogens with zero attached hydrogens (tertiary/aromatic N) is 1. The van der Waals surface area contributed by atoms with E-state index in [1.165, 1.54) is 0 Å². The van der Waals surface area contributed by atoms with Crippen LogP contribution in [0.2, 0.25) is 10.0 Å². The molecule has 0 amide bonds. The molecule has 2 aromatic rings. The summed E-state index contributed by atoms with van der Waals surface area (Å²) < 4.78 is 0. The molecular weight excluding hydrogens is 273 g/mol. The van der Waals surface area contributed by atoms with Gasteiger partial charge in [-0.3, -0.25) is 4.98 Å². The van der Waals surface area contributed by atoms with E-state index in [0.717, 1.165) is 32.8 Å². The molecule has 0 N–H and O–H groups in total. The molecule has 0 fully saturated rings. The van der Waals surface area contributed by atoms with E-state index < -0.39 is 0 Å². The third kappa shape index (κ3) is 3.91. The molecular formula is C13H11Cl2NS. The van der Waals surface area contributed by atoms with Crippen LogP contribution in [0.15, 0.2) is 47.5 Å². The van der Waals surface area contributed by atoms with E-state index in [1.807, 2.05) is 36.5 Å². The van der Waals surface area contributed by atoms with Crippen molar-refractivity contribution in [3.63, 3.8) is 0 Å². The molecule has 0 spiro atoms. The Balaban J connectivity index is 1.92. The fourth-order valence-electron chi connectivity index (χ4n) is 1.40. The number of rotatable bonds is 4. The number of pyridine rings is 1. The highest BCUT2D eigenvalue weighted by Crippen LogP contribution is 2.30. The van der Waals surface area contributed by atoms with E-state index >= 15 is 0 Å². The molecule has 17 heavy (non-hydrogen) atoms. The molecule has 1 heterocycles. The quantitative estimate of drug-likeness (QED) is 0.753. The Hall–Kier alpha value is -0.700. The summed E-state index contributed by atoms with van der Waals surface area (Å²) in [7, 11) is 0. The van der Waals surface area contributed by atoms with E-state index in [1.54, 1.807) is 17.8 Å². The number of aryl methyl sites for hydroxylation is 1. The fourth-order valence-corrected chi connectivity index (χ4v) is 2.86. The zero-order valence-corrected chi connectivity index (χ0v) is 11.4. The summed E-state index contributed by atoms with van der Waals surface area (Å²) in [5, 5.41) is 1.47. The maximum atomic E-state index is 6.08. The highest BCUT2D eigenvalue weighted by molar-refractivity contribution is 7.99. The molecule has 0 aliphatic rings. The number of hydrogen-bond donors (Lipinski definition) is 0. The van der Waals surface area contributed by atoms with E-state index in [4.69, 9.17) is 23.2 Å². The predicted octanol–water partition coefficient (Wildman–Crippen LogP) is 4.72. The van der Waals surface area contributed by atoms with E-state index in [0.29, 0.717) is 0 Å². The van der Waals surface area contributed by atoms with Crippen molar-refractivity contribution in [1.29, 1.82) is 0 Å². The van der Waals surface area contributed by atoms with E-state index in [-0.39, 0.29) is 0 Å². The largest absolute Gasteiger partial charge is 0.261 e. The van der Waals surface area contributed by atoms with Gasteiger partial charge in [0.25, 0.3) is 0 Å². The molecule has 4 heteroatoms. The molecule has 2 rings (SSSR count). The minimum absolute atomic E-state index is 0.717. The van der Waals surface area contributed by atoms with Crippen LogP contribution < -0.4 is 0 Å². The van der Waals surface area contributed by atoms with Gasteiger partial charge in [-0.1, -0.05) is 29.3 Å². The molecule has 1 aromatic heterocycles. The molecule has 0 atom stereocenters. The Kier molecular flexibility index (Phi) is 4.72. The van der Waals surface area contributed by atoms with Crippen LogP contribution in [0.5, 0.6) is 0 Å². The Bertz CT molecular complexity index is 488. The van der Waals surface area contributed by atoms with Gasteiger partial charge in [0.2, 0.25) is 0 Å². The Labute approximate surface area is 115 Å². The lowest BCUT2D eigenvalue weighted by atomic mass is 10.3. The summed E-state index contributed by atoms with van der Waals surface area (Å²) in [6, 6.07) is 11.5. The van der Waals surface area contributed by atoms with Crippen molar-refractivity contribution >= 4 is 35.0 Å². The average Bonchev–Trinajstić information content (AvgIpc) is 2.35. The van der Waals surface area contributed by atoms with Gasteiger partial charge in [0, 0.05) is 27.6 Å². The number of aromatic nitrogens is 1. The number of benzene rings is 1. The van der Waals surface area contributed by atoms with Crippen LogP contribution in [0, 0.1) is 0 Å². The number of thioether (sulfide) groups is 1. The molecule has 0 aliphatic heterocycles. The molecule has 0 saturated heterocycles. The minimum Gasteiger partial charge on any atom is -0.261 e. The van der Waals surface area contributed by atoms with Gasteiger partial charge in [0.15, 0.2) is 0 Å². The lowest BCUT2D eigenvalue weighted by Crippen LogP contribution is -1.91. The summed E-state index contributed by atoms with van der Waals surface area (Å²) in [4.78, 5) is 5.30. The topological polar surface area (TPSA) is 12.9 Å². The Morgan fingerprint density at radius 1 is 1.12 bits per heavy atom. The maximum Gasteiger partial charge on any atom is 0.0542 e. The smallest absolute Gasteiger partial charge is 0.0542 e. The molecule has 0 aliphatic carbocycles. The zero-order chi connectivity index (χ0) is 12.1. The molecule has 1 nitrogen and oxygen atoms in total. The standard InChI is InChI=1S/C13H11Cl2NS/c14-10-4-5-12(15)13(9-10)17-8-6-11-3-1-2-7-16-11/h1-5,7,9H,6,8H2. The van der Waals surface area contributed by atoms with Gasteiger partial charge >= 0.3 is 0 Å². The molecule has 0 radical (unpaired) electrons. The second-order valence-electron chi connectivity index (χ2n) is 3.49. The van der Waals surface area contributed by atoms with Crippen LogP contribution in [0.1, 0.15) is 5.69 Å². The highest BCUT2D eigenvalue weighted by Gasteiger charge is 2.02. The van der Waals surface area contributed by atoms with Crippen LogP contribution in [0.3, 0.4) is 0 Å². The van der Waals surface area contributed by atoms with Crippen molar-refractivity contribution in [2.45, 2.75) is 11.3 Å². The molecule has 88 valence electrons. The maximum absolute atomic E-state index is 6.08. The van der Waals surface area contributed by atoms with Gasteiger partial charge in [0.1, 0.15) is 0 Å². The van der Waals surface area contributed by atoms with Crippen molar-refractivity contribution in [3.05, 3.63) is 58.3 Å². The van der Waals surface area contributed by atoms with Gasteiger partial charge in [0.05, 0.1) is 5.02 Å². The second kappa shape index (κ2) is 6.29. The first-order chi connectivity index (χ1) is 8.25. The summed E-state index contributed by atoms with van der Waals surface area (Å²) in [6.07, 6.45) is 2.74. The fraction of sp³-hybridized carbons (Fsp3) is 0.154. The average molecular weight is 284 g/mol. The van der Waals surface area contributed by atoms with Gasteiger partial charge < -0.3 is 0 Å². The van der Waals surface area contributed by atoms with Gasteiger partial charge in [-0.2, -0.15) is 0 Å². The van der Waals surface area contributed by atoms with Gasteiger partial charge in [-0.15, -0.1) is 11.8 Å². The monoisotopic (exact) mass is 283 g/mol. The summed E-state index contributed by atoms with van der Waals surface area (Å²) >= 11 is 13.7. The van der Waals surface area contributed by atoms with E-state index in [9.17, 15) is 0 Å². The third-order valence-electron chi connectivity index (χ3n) is 2.24. The van der Waals surface area contributed by atoms with Crippen LogP contribution >= 0.6 is 35.0 Å². The van der Waals surface area contributed by atoms with Crippen molar-refractivity contribution in [1.82, 2.24) is 4.98 Å². The first kappa shape index (κ1) is 12.7. The Morgan fingerprint density at radius 3 is 2.76 bits per heavy atom. The lowest BCUT2D eigenvalue weighted by molar-refractivity contribution is 1.05. The first-order valence-corrected chi connectivity index (χ1v) is 6.97. The van der Waals surface area contributed by atoms with Crippen LogP contribution in [0.25, 0.3) is 0 Å². The molecule has 0 unspecified atom stereocenters. The molecule has 1 aromatic carbocycles. The molecule has 0 saturated carbocycles. The number of hydrogen-bond acceptors (Lipinski definition) is 2. The molecule has 0 bridgehead atoms. The van der Waals surface area contributed by atoms with Crippen molar-refractivity contribution in [3.8, 4) is 0 Å². The predicted molar refractivity (Wildman–Crippen MR) is 75.1 cm³/mol. The van der Waals surface area contributed by atoms with Crippen molar-refractivity contribution in [2.75, 3.05) is 5.75 Å². The summed E-state index contributed by atoms with van der Waals surface area (Å²) in [5.41, 5.74) is 1.10.